The Bertz CT molecular complexity index is 1100. The Labute approximate surface area is 158 Å². The minimum absolute atomic E-state index is 0.343. The second-order valence-corrected chi connectivity index (χ2v) is 6.50. The lowest BCUT2D eigenvalue weighted by Gasteiger charge is -2.07. The average molecular weight is 388 g/mol. The molecule has 0 aliphatic rings. The van der Waals surface area contributed by atoms with Crippen LogP contribution in [0.5, 0.6) is 0 Å². The van der Waals surface area contributed by atoms with Gasteiger partial charge < -0.3 is 5.32 Å². The van der Waals surface area contributed by atoms with Gasteiger partial charge in [0.25, 0.3) is 0 Å². The van der Waals surface area contributed by atoms with Gasteiger partial charge in [0.2, 0.25) is 0 Å². The number of anilines is 2. The quantitative estimate of drug-likeness (QED) is 0.540. The van der Waals surface area contributed by atoms with E-state index in [1.165, 1.54) is 12.1 Å². The van der Waals surface area contributed by atoms with Crippen LogP contribution in [0.4, 0.5) is 15.9 Å². The van der Waals surface area contributed by atoms with Gasteiger partial charge in [0, 0.05) is 22.2 Å². The van der Waals surface area contributed by atoms with Gasteiger partial charge in [-0.2, -0.15) is 4.52 Å². The molecule has 2 heterocycles. The lowest BCUT2D eigenvalue weighted by atomic mass is 10.1. The highest BCUT2D eigenvalue weighted by molar-refractivity contribution is 6.31. The maximum Gasteiger partial charge on any atom is 0.178 e. The standard InChI is InChI=1S/C18H12Cl2FN5/c19-12-2-1-3-14(9-12)22-16-6-7-17-23-24-18(26(17)25-16)8-11-4-5-13(21)10-15(11)20/h1-7,9-10H,8H2,(H,22,25). The predicted octanol–water partition coefficient (Wildman–Crippen LogP) is 4.90. The van der Waals surface area contributed by atoms with Crippen molar-refractivity contribution in [2.24, 2.45) is 0 Å². The summed E-state index contributed by atoms with van der Waals surface area (Å²) in [5.74, 6) is 0.838. The van der Waals surface area contributed by atoms with Crippen LogP contribution in [-0.2, 0) is 6.42 Å². The van der Waals surface area contributed by atoms with Crippen molar-refractivity contribution in [2.75, 3.05) is 5.32 Å². The number of hydrogen-bond acceptors (Lipinski definition) is 4. The maximum atomic E-state index is 13.2. The number of nitrogens with zero attached hydrogens (tertiary/aromatic N) is 4. The van der Waals surface area contributed by atoms with Crippen LogP contribution in [0.15, 0.2) is 54.6 Å². The van der Waals surface area contributed by atoms with Gasteiger partial charge in [-0.1, -0.05) is 35.3 Å². The smallest absolute Gasteiger partial charge is 0.178 e. The summed E-state index contributed by atoms with van der Waals surface area (Å²) >= 11 is 12.1. The molecule has 2 aromatic carbocycles. The minimum Gasteiger partial charge on any atom is -0.339 e. The summed E-state index contributed by atoms with van der Waals surface area (Å²) in [6.45, 7) is 0. The third-order valence-corrected chi connectivity index (χ3v) is 4.38. The zero-order chi connectivity index (χ0) is 18.1. The lowest BCUT2D eigenvalue weighted by molar-refractivity contribution is 0.627. The van der Waals surface area contributed by atoms with Gasteiger partial charge in [0.15, 0.2) is 17.3 Å². The van der Waals surface area contributed by atoms with Crippen molar-refractivity contribution >= 4 is 40.4 Å². The van der Waals surface area contributed by atoms with E-state index in [9.17, 15) is 4.39 Å². The fourth-order valence-electron chi connectivity index (χ4n) is 2.56. The average Bonchev–Trinajstić information content (AvgIpc) is 3.00. The van der Waals surface area contributed by atoms with E-state index in [1.807, 2.05) is 18.2 Å². The zero-order valence-corrected chi connectivity index (χ0v) is 14.8. The molecular weight excluding hydrogens is 376 g/mol. The van der Waals surface area contributed by atoms with Gasteiger partial charge in [-0.3, -0.25) is 0 Å². The Hall–Kier alpha value is -2.70. The molecule has 26 heavy (non-hydrogen) atoms. The van der Waals surface area contributed by atoms with Gasteiger partial charge >= 0.3 is 0 Å². The van der Waals surface area contributed by atoms with Gasteiger partial charge in [-0.05, 0) is 48.0 Å². The number of rotatable bonds is 4. The first-order valence-electron chi connectivity index (χ1n) is 7.76. The van der Waals surface area contributed by atoms with Crippen LogP contribution in [0.2, 0.25) is 10.0 Å². The van der Waals surface area contributed by atoms with Crippen molar-refractivity contribution in [3.63, 3.8) is 0 Å². The van der Waals surface area contributed by atoms with Crippen LogP contribution in [-0.4, -0.2) is 19.8 Å². The van der Waals surface area contributed by atoms with Crippen molar-refractivity contribution in [2.45, 2.75) is 6.42 Å². The molecule has 5 nitrogen and oxygen atoms in total. The van der Waals surface area contributed by atoms with E-state index in [4.69, 9.17) is 23.2 Å². The van der Waals surface area contributed by atoms with Crippen LogP contribution in [0.25, 0.3) is 5.65 Å². The molecular formula is C18H12Cl2FN5. The monoisotopic (exact) mass is 387 g/mol. The second-order valence-electron chi connectivity index (χ2n) is 5.65. The molecule has 0 aliphatic heterocycles. The molecule has 0 saturated carbocycles. The van der Waals surface area contributed by atoms with Crippen LogP contribution >= 0.6 is 23.2 Å². The van der Waals surface area contributed by atoms with Gasteiger partial charge in [0.1, 0.15) is 5.82 Å². The summed E-state index contributed by atoms with van der Waals surface area (Å²) < 4.78 is 14.9. The summed E-state index contributed by atoms with van der Waals surface area (Å²) in [6.07, 6.45) is 0.383. The van der Waals surface area contributed by atoms with Crippen LogP contribution in [0, 0.1) is 5.82 Å². The highest BCUT2D eigenvalue weighted by atomic mass is 35.5. The van der Waals surface area contributed by atoms with Crippen molar-refractivity contribution in [1.82, 2.24) is 19.8 Å². The first kappa shape index (κ1) is 16.8. The number of hydrogen-bond donors (Lipinski definition) is 1. The van der Waals surface area contributed by atoms with Crippen LogP contribution in [0.1, 0.15) is 11.4 Å². The van der Waals surface area contributed by atoms with Crippen molar-refractivity contribution < 1.29 is 4.39 Å². The van der Waals surface area contributed by atoms with Gasteiger partial charge in [-0.15, -0.1) is 15.3 Å². The number of halogens is 3. The molecule has 0 spiro atoms. The Kier molecular flexibility index (Phi) is 4.44. The summed E-state index contributed by atoms with van der Waals surface area (Å²) in [6, 6.07) is 15.2. The second kappa shape index (κ2) is 6.90. The predicted molar refractivity (Wildman–Crippen MR) is 99.7 cm³/mol. The Morgan fingerprint density at radius 3 is 2.69 bits per heavy atom. The van der Waals surface area contributed by atoms with Crippen molar-refractivity contribution in [1.29, 1.82) is 0 Å². The number of benzene rings is 2. The first-order chi connectivity index (χ1) is 12.6. The Morgan fingerprint density at radius 1 is 1.00 bits per heavy atom. The highest BCUT2D eigenvalue weighted by Gasteiger charge is 2.11. The summed E-state index contributed by atoms with van der Waals surface area (Å²) in [5, 5.41) is 17.0. The molecule has 130 valence electrons. The largest absolute Gasteiger partial charge is 0.339 e. The van der Waals surface area contributed by atoms with E-state index in [2.05, 4.69) is 20.6 Å². The fraction of sp³-hybridized carbons (Fsp3) is 0.0556. The fourth-order valence-corrected chi connectivity index (χ4v) is 2.98. The molecule has 0 atom stereocenters. The number of nitrogens with one attached hydrogen (secondary N) is 1. The molecule has 8 heteroatoms. The minimum atomic E-state index is -0.379. The molecule has 0 aliphatic carbocycles. The number of aromatic nitrogens is 4. The van der Waals surface area contributed by atoms with E-state index in [0.717, 1.165) is 11.3 Å². The Morgan fingerprint density at radius 2 is 1.88 bits per heavy atom. The lowest BCUT2D eigenvalue weighted by Crippen LogP contribution is -2.03. The van der Waals surface area contributed by atoms with E-state index in [-0.39, 0.29) is 5.82 Å². The molecule has 4 rings (SSSR count). The third kappa shape index (κ3) is 3.47. The molecule has 1 N–H and O–H groups in total. The molecule has 4 aromatic rings. The molecule has 0 saturated heterocycles. The Balaban J connectivity index is 1.66. The third-order valence-electron chi connectivity index (χ3n) is 3.79. The zero-order valence-electron chi connectivity index (χ0n) is 13.3. The van der Waals surface area contributed by atoms with E-state index in [1.54, 1.807) is 28.8 Å². The van der Waals surface area contributed by atoms with Gasteiger partial charge in [-0.25, -0.2) is 4.39 Å². The molecule has 0 unspecified atom stereocenters. The molecule has 0 bridgehead atoms. The van der Waals surface area contributed by atoms with E-state index < -0.39 is 0 Å². The summed E-state index contributed by atoms with van der Waals surface area (Å²) in [7, 11) is 0. The topological polar surface area (TPSA) is 55.1 Å². The van der Waals surface area contributed by atoms with Crippen molar-refractivity contribution in [3.05, 3.63) is 81.8 Å². The highest BCUT2D eigenvalue weighted by Crippen LogP contribution is 2.22. The normalized spacial score (nSPS) is 11.0. The van der Waals surface area contributed by atoms with Crippen molar-refractivity contribution in [3.8, 4) is 0 Å². The SMILES string of the molecule is Fc1ccc(Cc2nnc3ccc(Nc4cccc(Cl)c4)nn23)c(Cl)c1. The molecule has 2 aromatic heterocycles. The van der Waals surface area contributed by atoms with E-state index in [0.29, 0.717) is 33.8 Å². The summed E-state index contributed by atoms with van der Waals surface area (Å²) in [5.41, 5.74) is 2.17. The molecule has 0 radical (unpaired) electrons. The molecule has 0 amide bonds. The first-order valence-corrected chi connectivity index (χ1v) is 8.52. The summed E-state index contributed by atoms with van der Waals surface area (Å²) in [4.78, 5) is 0. The van der Waals surface area contributed by atoms with Gasteiger partial charge in [0.05, 0.1) is 0 Å². The molecule has 0 fully saturated rings. The van der Waals surface area contributed by atoms with Crippen LogP contribution < -0.4 is 5.32 Å². The van der Waals surface area contributed by atoms with Crippen LogP contribution in [0.3, 0.4) is 0 Å². The van der Waals surface area contributed by atoms with E-state index >= 15 is 0 Å². The number of fused-ring (bicyclic) bond motifs is 1. The maximum absolute atomic E-state index is 13.2.